The Balaban J connectivity index is 1.93. The average molecular weight is 344 g/mol. The number of aliphatic hydroxyl groups is 3. The Labute approximate surface area is 152 Å². The minimum absolute atomic E-state index is 0.0142. The lowest BCUT2D eigenvalue weighted by atomic mass is 9.58. The minimum atomic E-state index is -0.0601. The molecule has 0 fully saturated rings. The zero-order chi connectivity index (χ0) is 17.8. The van der Waals surface area contributed by atoms with Crippen LogP contribution in [0.25, 0.3) is 0 Å². The highest BCUT2D eigenvalue weighted by Crippen LogP contribution is 2.58. The normalized spacial score (nSPS) is 19.0. The third-order valence-electron chi connectivity index (χ3n) is 6.00. The van der Waals surface area contributed by atoms with E-state index in [0.717, 1.165) is 33.4 Å². The Morgan fingerprint density at radius 3 is 1.15 bits per heavy atom. The highest BCUT2D eigenvalue weighted by molar-refractivity contribution is 5.71. The van der Waals surface area contributed by atoms with Gasteiger partial charge < -0.3 is 15.3 Å². The van der Waals surface area contributed by atoms with Crippen molar-refractivity contribution in [1.82, 2.24) is 0 Å². The van der Waals surface area contributed by atoms with Gasteiger partial charge in [0.15, 0.2) is 0 Å². The zero-order valence-corrected chi connectivity index (χ0v) is 14.3. The maximum atomic E-state index is 9.97. The summed E-state index contributed by atoms with van der Waals surface area (Å²) < 4.78 is 0. The lowest BCUT2D eigenvalue weighted by Crippen LogP contribution is -2.30. The fraction of sp³-hybridized carbons (Fsp3) is 0.217. The monoisotopic (exact) mass is 344 g/mol. The molecule has 0 spiro atoms. The molecule has 0 radical (unpaired) electrons. The molecule has 3 N–H and O–H groups in total. The highest BCUT2D eigenvalue weighted by atomic mass is 16.3. The molecule has 2 bridgehead atoms. The standard InChI is InChI=1S/C23H20O3/c24-10-13-4-1-7-16-19(13)23-20-14(11-25)5-2-8-17(20)22(16)18-9-3-6-15(12-26)21(18)23/h1-9,22-26H,10-12H2. The number of hydrogen-bond donors (Lipinski definition) is 3. The lowest BCUT2D eigenvalue weighted by molar-refractivity contribution is 0.276. The van der Waals surface area contributed by atoms with Crippen molar-refractivity contribution in [3.8, 4) is 0 Å². The minimum Gasteiger partial charge on any atom is -0.392 e. The summed E-state index contributed by atoms with van der Waals surface area (Å²) in [6.07, 6.45) is 0. The second kappa shape index (κ2) is 5.78. The van der Waals surface area contributed by atoms with Crippen molar-refractivity contribution in [2.75, 3.05) is 0 Å². The Hall–Kier alpha value is -2.46. The summed E-state index contributed by atoms with van der Waals surface area (Å²) in [5.41, 5.74) is 9.88. The molecule has 0 aromatic heterocycles. The number of benzene rings is 3. The van der Waals surface area contributed by atoms with Crippen molar-refractivity contribution in [3.05, 3.63) is 105 Å². The fourth-order valence-corrected chi connectivity index (χ4v) is 5.06. The Bertz CT molecular complexity index is 890. The summed E-state index contributed by atoms with van der Waals surface area (Å²) in [5.74, 6) is 0.0135. The molecule has 6 rings (SSSR count). The first-order valence-corrected chi connectivity index (χ1v) is 8.97. The van der Waals surface area contributed by atoms with E-state index >= 15 is 0 Å². The summed E-state index contributed by atoms with van der Waals surface area (Å²) in [6, 6.07) is 18.4. The lowest BCUT2D eigenvalue weighted by Gasteiger charge is -2.44. The van der Waals surface area contributed by atoms with Gasteiger partial charge in [0.1, 0.15) is 0 Å². The molecule has 0 saturated carbocycles. The van der Waals surface area contributed by atoms with Crippen molar-refractivity contribution in [2.24, 2.45) is 0 Å². The Morgan fingerprint density at radius 2 is 0.846 bits per heavy atom. The zero-order valence-electron chi connectivity index (χ0n) is 14.3. The second-order valence-corrected chi connectivity index (χ2v) is 7.10. The third-order valence-corrected chi connectivity index (χ3v) is 6.00. The van der Waals surface area contributed by atoms with Crippen molar-refractivity contribution in [2.45, 2.75) is 31.7 Å². The van der Waals surface area contributed by atoms with E-state index in [1.165, 1.54) is 16.7 Å². The van der Waals surface area contributed by atoms with E-state index in [-0.39, 0.29) is 31.7 Å². The van der Waals surface area contributed by atoms with Gasteiger partial charge >= 0.3 is 0 Å². The van der Waals surface area contributed by atoms with Crippen molar-refractivity contribution >= 4 is 0 Å². The predicted octanol–water partition coefficient (Wildman–Crippen LogP) is 3.15. The van der Waals surface area contributed by atoms with Gasteiger partial charge in [-0.2, -0.15) is 0 Å². The van der Waals surface area contributed by atoms with E-state index in [4.69, 9.17) is 0 Å². The molecule has 0 heterocycles. The molecule has 3 nitrogen and oxygen atoms in total. The summed E-state index contributed by atoms with van der Waals surface area (Å²) in [4.78, 5) is 0. The average Bonchev–Trinajstić information content (AvgIpc) is 2.71. The molecule has 3 aromatic carbocycles. The quantitative estimate of drug-likeness (QED) is 0.471. The van der Waals surface area contributed by atoms with E-state index in [9.17, 15) is 15.3 Å². The first-order valence-electron chi connectivity index (χ1n) is 8.97. The molecule has 26 heavy (non-hydrogen) atoms. The van der Waals surface area contributed by atoms with Crippen LogP contribution in [0.5, 0.6) is 0 Å². The van der Waals surface area contributed by atoms with Gasteiger partial charge in [0, 0.05) is 11.8 Å². The van der Waals surface area contributed by atoms with Gasteiger partial charge in [0.2, 0.25) is 0 Å². The van der Waals surface area contributed by atoms with Gasteiger partial charge in [-0.05, 0) is 50.1 Å². The van der Waals surface area contributed by atoms with Crippen molar-refractivity contribution < 1.29 is 15.3 Å². The molecule has 0 aliphatic heterocycles. The topological polar surface area (TPSA) is 60.7 Å². The number of rotatable bonds is 3. The number of hydrogen-bond acceptors (Lipinski definition) is 3. The van der Waals surface area contributed by atoms with Crippen LogP contribution in [0.2, 0.25) is 0 Å². The molecule has 3 aliphatic carbocycles. The van der Waals surface area contributed by atoms with E-state index in [2.05, 4.69) is 18.2 Å². The second-order valence-electron chi connectivity index (χ2n) is 7.10. The van der Waals surface area contributed by atoms with Crippen LogP contribution in [0.4, 0.5) is 0 Å². The van der Waals surface area contributed by atoms with Crippen LogP contribution < -0.4 is 0 Å². The molecular weight excluding hydrogens is 324 g/mol. The molecule has 0 saturated heterocycles. The summed E-state index contributed by atoms with van der Waals surface area (Å²) >= 11 is 0. The summed E-state index contributed by atoms with van der Waals surface area (Å²) in [5, 5.41) is 29.9. The van der Waals surface area contributed by atoms with Crippen molar-refractivity contribution in [3.63, 3.8) is 0 Å². The van der Waals surface area contributed by atoms with Crippen LogP contribution in [0.1, 0.15) is 61.9 Å². The van der Waals surface area contributed by atoms with Gasteiger partial charge in [-0.1, -0.05) is 54.6 Å². The molecule has 0 unspecified atom stereocenters. The van der Waals surface area contributed by atoms with E-state index in [1.807, 2.05) is 36.4 Å². The maximum absolute atomic E-state index is 9.97. The molecule has 130 valence electrons. The van der Waals surface area contributed by atoms with Gasteiger partial charge in [-0.15, -0.1) is 0 Å². The predicted molar refractivity (Wildman–Crippen MR) is 99.0 cm³/mol. The molecule has 3 aliphatic rings. The van der Waals surface area contributed by atoms with Gasteiger partial charge in [0.25, 0.3) is 0 Å². The van der Waals surface area contributed by atoms with E-state index in [1.54, 1.807) is 0 Å². The van der Waals surface area contributed by atoms with Crippen LogP contribution >= 0.6 is 0 Å². The van der Waals surface area contributed by atoms with Crippen molar-refractivity contribution in [1.29, 1.82) is 0 Å². The van der Waals surface area contributed by atoms with E-state index < -0.39 is 0 Å². The number of aliphatic hydroxyl groups excluding tert-OH is 3. The molecule has 3 aromatic rings. The Kier molecular flexibility index (Phi) is 3.50. The van der Waals surface area contributed by atoms with Crippen LogP contribution in [-0.4, -0.2) is 15.3 Å². The van der Waals surface area contributed by atoms with Gasteiger partial charge in [-0.25, -0.2) is 0 Å². The first kappa shape index (κ1) is 15.8. The first-order chi connectivity index (χ1) is 12.8. The smallest absolute Gasteiger partial charge is 0.0684 e. The molecule has 0 amide bonds. The molecular formula is C23H20O3. The third kappa shape index (κ3) is 1.88. The Morgan fingerprint density at radius 1 is 0.500 bits per heavy atom. The SMILES string of the molecule is OCc1cccc2c1C1c3c(CO)cccc3C2c2cccc(CO)c21. The summed E-state index contributed by atoms with van der Waals surface area (Å²) in [7, 11) is 0. The van der Waals surface area contributed by atoms with Crippen LogP contribution in [0, 0.1) is 0 Å². The van der Waals surface area contributed by atoms with Crippen LogP contribution in [0.3, 0.4) is 0 Å². The maximum Gasteiger partial charge on any atom is 0.0684 e. The highest BCUT2D eigenvalue weighted by Gasteiger charge is 2.44. The fourth-order valence-electron chi connectivity index (χ4n) is 5.06. The van der Waals surface area contributed by atoms with E-state index in [0.29, 0.717) is 0 Å². The van der Waals surface area contributed by atoms with Gasteiger partial charge in [-0.3, -0.25) is 0 Å². The van der Waals surface area contributed by atoms with Crippen LogP contribution in [0.15, 0.2) is 54.6 Å². The van der Waals surface area contributed by atoms with Gasteiger partial charge in [0.05, 0.1) is 19.8 Å². The molecule has 0 atom stereocenters. The summed E-state index contributed by atoms with van der Waals surface area (Å²) in [6.45, 7) is -0.0427. The van der Waals surface area contributed by atoms with Crippen LogP contribution in [-0.2, 0) is 19.8 Å². The molecule has 3 heteroatoms. The largest absolute Gasteiger partial charge is 0.392 e.